The zero-order valence-corrected chi connectivity index (χ0v) is 22.7. The Morgan fingerprint density at radius 3 is 2.56 bits per heavy atom. The van der Waals surface area contributed by atoms with Crippen LogP contribution in [0.3, 0.4) is 0 Å². The summed E-state index contributed by atoms with van der Waals surface area (Å²) in [7, 11) is 0. The van der Waals surface area contributed by atoms with Gasteiger partial charge in [-0.05, 0) is 43.0 Å². The van der Waals surface area contributed by atoms with Crippen LogP contribution in [0.25, 0.3) is 11.2 Å². The number of anilines is 2. The van der Waals surface area contributed by atoms with Gasteiger partial charge in [0.05, 0.1) is 6.33 Å². The quantitative estimate of drug-likeness (QED) is 0.324. The zero-order valence-electron chi connectivity index (χ0n) is 21.9. The average molecular weight is 558 g/mol. The summed E-state index contributed by atoms with van der Waals surface area (Å²) >= 11 is 6.46. The Morgan fingerprint density at radius 2 is 1.87 bits per heavy atom. The molecule has 10 nitrogen and oxygen atoms in total. The van der Waals surface area contributed by atoms with E-state index in [1.807, 2.05) is 17.9 Å². The van der Waals surface area contributed by atoms with Gasteiger partial charge < -0.3 is 19.1 Å². The van der Waals surface area contributed by atoms with E-state index in [-0.39, 0.29) is 16.5 Å². The highest BCUT2D eigenvalue weighted by atomic mass is 35.5. The number of carbonyl (C=O) groups excluding carboxylic acids is 2. The van der Waals surface area contributed by atoms with Gasteiger partial charge in [-0.15, -0.1) is 0 Å². The first-order valence-electron chi connectivity index (χ1n) is 13.2. The molecule has 206 valence electrons. The van der Waals surface area contributed by atoms with Crippen LogP contribution < -0.4 is 4.90 Å². The van der Waals surface area contributed by atoms with Crippen LogP contribution >= 0.6 is 11.6 Å². The maximum Gasteiger partial charge on any atom is 0.303 e. The zero-order chi connectivity index (χ0) is 27.5. The summed E-state index contributed by atoms with van der Waals surface area (Å²) in [5, 5.41) is -0.0183. The molecular weight excluding hydrogens is 529 g/mol. The molecule has 1 unspecified atom stereocenters. The Bertz CT molecular complexity index is 1460. The maximum absolute atomic E-state index is 15.2. The number of ether oxygens (including phenoxy) is 3. The van der Waals surface area contributed by atoms with Crippen LogP contribution in [0.2, 0.25) is 5.28 Å². The van der Waals surface area contributed by atoms with Gasteiger partial charge in [0.15, 0.2) is 35.4 Å². The third-order valence-corrected chi connectivity index (χ3v) is 8.20. The van der Waals surface area contributed by atoms with Crippen molar-refractivity contribution < 1.29 is 28.2 Å². The minimum absolute atomic E-state index is 0.0183. The molecule has 3 aliphatic rings. The predicted molar refractivity (Wildman–Crippen MR) is 139 cm³/mol. The molecule has 2 aliphatic heterocycles. The fourth-order valence-electron chi connectivity index (χ4n) is 6.54. The van der Waals surface area contributed by atoms with E-state index < -0.39 is 36.5 Å². The Balaban J connectivity index is 1.46. The van der Waals surface area contributed by atoms with Gasteiger partial charge in [0, 0.05) is 37.1 Å². The van der Waals surface area contributed by atoms with Gasteiger partial charge in [-0.2, -0.15) is 9.97 Å². The molecule has 1 saturated heterocycles. The maximum atomic E-state index is 15.2. The molecule has 12 heteroatoms. The van der Waals surface area contributed by atoms with Gasteiger partial charge in [0.1, 0.15) is 11.9 Å². The van der Waals surface area contributed by atoms with E-state index in [1.165, 1.54) is 26.2 Å². The molecule has 1 aromatic carbocycles. The summed E-state index contributed by atoms with van der Waals surface area (Å²) in [4.78, 5) is 39.5. The van der Waals surface area contributed by atoms with Crippen LogP contribution in [0.5, 0.6) is 0 Å². The van der Waals surface area contributed by atoms with Gasteiger partial charge >= 0.3 is 11.9 Å². The van der Waals surface area contributed by atoms with Gasteiger partial charge in [-0.25, -0.2) is 9.37 Å². The molecule has 1 saturated carbocycles. The van der Waals surface area contributed by atoms with Crippen LogP contribution in [0.1, 0.15) is 64.7 Å². The number of hydrogen-bond acceptors (Lipinski definition) is 9. The third kappa shape index (κ3) is 4.22. The van der Waals surface area contributed by atoms with Crippen molar-refractivity contribution in [1.82, 2.24) is 19.5 Å². The van der Waals surface area contributed by atoms with E-state index in [1.54, 1.807) is 10.6 Å². The molecule has 39 heavy (non-hydrogen) atoms. The number of halogens is 2. The van der Waals surface area contributed by atoms with Crippen molar-refractivity contribution in [1.29, 1.82) is 0 Å². The van der Waals surface area contributed by atoms with E-state index >= 15 is 4.39 Å². The standard InChI is InChI=1S/C27H29ClFN5O5/c1-4-18-21(37-14(2)35)22(38-15(3)36)25(39-18)34-13-30-20-23(31-26(28)32-24(20)34)33-12-27(10-5-6-11-27)19-16(29)8-7-9-17(19)33/h7-9,13,18,21-22,25H,4-6,10-12H2,1-3H3/t18-,21?,22+,25-/m1/s1. The largest absolute Gasteiger partial charge is 0.456 e. The topological polar surface area (TPSA) is 109 Å². The second kappa shape index (κ2) is 9.71. The predicted octanol–water partition coefficient (Wildman–Crippen LogP) is 4.75. The highest BCUT2D eigenvalue weighted by molar-refractivity contribution is 6.28. The van der Waals surface area contributed by atoms with Crippen LogP contribution in [0, 0.1) is 5.82 Å². The number of nitrogens with zero attached hydrogens (tertiary/aromatic N) is 5. The van der Waals surface area contributed by atoms with Gasteiger partial charge in [0.25, 0.3) is 0 Å². The number of fused-ring (bicyclic) bond motifs is 3. The highest BCUT2D eigenvalue weighted by Crippen LogP contribution is 2.53. The molecule has 4 atom stereocenters. The molecule has 1 spiro atoms. The summed E-state index contributed by atoms with van der Waals surface area (Å²) in [6, 6.07) is 5.11. The number of hydrogen-bond donors (Lipinski definition) is 0. The van der Waals surface area contributed by atoms with Crippen LogP contribution in [-0.4, -0.2) is 56.3 Å². The first kappa shape index (κ1) is 25.9. The minimum atomic E-state index is -0.936. The molecule has 0 bridgehead atoms. The number of carbonyl (C=O) groups is 2. The average Bonchev–Trinajstić information content (AvgIpc) is 3.65. The van der Waals surface area contributed by atoms with Crippen molar-refractivity contribution in [3.8, 4) is 0 Å². The molecule has 4 heterocycles. The molecule has 0 radical (unpaired) electrons. The molecule has 1 aliphatic carbocycles. The Hall–Kier alpha value is -3.31. The van der Waals surface area contributed by atoms with Crippen molar-refractivity contribution in [2.45, 2.75) is 82.8 Å². The molecule has 2 aromatic heterocycles. The molecule has 2 fully saturated rings. The molecule has 0 amide bonds. The van der Waals surface area contributed by atoms with E-state index in [9.17, 15) is 9.59 Å². The molecule has 6 rings (SSSR count). The summed E-state index contributed by atoms with van der Waals surface area (Å²) in [5.74, 6) is -0.809. The Kier molecular flexibility index (Phi) is 6.46. The van der Waals surface area contributed by atoms with Crippen LogP contribution in [0.4, 0.5) is 15.9 Å². The Morgan fingerprint density at radius 1 is 1.15 bits per heavy atom. The summed E-state index contributed by atoms with van der Waals surface area (Å²) < 4.78 is 34.2. The lowest BCUT2D eigenvalue weighted by molar-refractivity contribution is -0.165. The number of aromatic nitrogens is 4. The number of benzene rings is 1. The lowest BCUT2D eigenvalue weighted by Crippen LogP contribution is -2.38. The van der Waals surface area contributed by atoms with Gasteiger partial charge in [0.2, 0.25) is 5.28 Å². The lowest BCUT2D eigenvalue weighted by Gasteiger charge is -2.25. The highest BCUT2D eigenvalue weighted by Gasteiger charge is 2.51. The number of imidazole rings is 1. The fourth-order valence-corrected chi connectivity index (χ4v) is 6.70. The SMILES string of the molecule is CC[C@H]1O[C@@H](n2cnc3c(N4CC5(CCCC5)c5c(F)cccc54)nc(Cl)nc32)[C@@H](OC(C)=O)C1OC(C)=O. The van der Waals surface area contributed by atoms with Crippen molar-refractivity contribution in [3.05, 3.63) is 41.2 Å². The summed E-state index contributed by atoms with van der Waals surface area (Å²) in [6.07, 6.45) is 2.75. The molecule has 3 aromatic rings. The number of rotatable bonds is 5. The van der Waals surface area contributed by atoms with Crippen molar-refractivity contribution >= 4 is 46.2 Å². The van der Waals surface area contributed by atoms with E-state index in [0.29, 0.717) is 35.5 Å². The molecular formula is C27H29ClFN5O5. The van der Waals surface area contributed by atoms with E-state index in [4.69, 9.17) is 25.8 Å². The van der Waals surface area contributed by atoms with E-state index in [0.717, 1.165) is 31.4 Å². The minimum Gasteiger partial charge on any atom is -0.456 e. The van der Waals surface area contributed by atoms with Gasteiger partial charge in [-0.1, -0.05) is 25.8 Å². The van der Waals surface area contributed by atoms with Crippen molar-refractivity contribution in [3.63, 3.8) is 0 Å². The first-order chi connectivity index (χ1) is 18.7. The molecule has 0 N–H and O–H groups in total. The third-order valence-electron chi connectivity index (χ3n) is 8.03. The van der Waals surface area contributed by atoms with Crippen molar-refractivity contribution in [2.75, 3.05) is 11.4 Å². The van der Waals surface area contributed by atoms with Gasteiger partial charge in [-0.3, -0.25) is 14.2 Å². The number of esters is 2. The monoisotopic (exact) mass is 557 g/mol. The second-order valence-electron chi connectivity index (χ2n) is 10.5. The fraction of sp³-hybridized carbons (Fsp3) is 0.519. The lowest BCUT2D eigenvalue weighted by atomic mass is 9.80. The summed E-state index contributed by atoms with van der Waals surface area (Å²) in [6.45, 7) is 5.03. The van der Waals surface area contributed by atoms with Crippen LogP contribution in [-0.2, 0) is 29.2 Å². The second-order valence-corrected chi connectivity index (χ2v) is 10.8. The first-order valence-corrected chi connectivity index (χ1v) is 13.6. The summed E-state index contributed by atoms with van der Waals surface area (Å²) in [5.41, 5.74) is 1.97. The normalized spacial score (nSPS) is 25.4. The van der Waals surface area contributed by atoms with E-state index in [2.05, 4.69) is 15.0 Å². The Labute approximate surface area is 229 Å². The smallest absolute Gasteiger partial charge is 0.303 e. The van der Waals surface area contributed by atoms with Crippen LogP contribution in [0.15, 0.2) is 24.5 Å². The van der Waals surface area contributed by atoms with Crippen molar-refractivity contribution in [2.24, 2.45) is 0 Å².